The maximum absolute atomic E-state index is 12.5. The summed E-state index contributed by atoms with van der Waals surface area (Å²) in [6, 6.07) is 5.12. The van der Waals surface area contributed by atoms with Crippen LogP contribution in [0.25, 0.3) is 0 Å². The number of benzene rings is 1. The van der Waals surface area contributed by atoms with E-state index in [9.17, 15) is 13.2 Å². The maximum atomic E-state index is 12.5. The first-order chi connectivity index (χ1) is 11.0. The predicted molar refractivity (Wildman–Crippen MR) is 80.4 cm³/mol. The van der Waals surface area contributed by atoms with Gasteiger partial charge in [-0.15, -0.1) is 5.10 Å². The van der Waals surface area contributed by atoms with Crippen molar-refractivity contribution in [2.24, 2.45) is 0 Å². The molecule has 3 rings (SSSR count). The molecule has 0 radical (unpaired) electrons. The number of alkyl halides is 3. The summed E-state index contributed by atoms with van der Waals surface area (Å²) in [5.41, 5.74) is -0.183. The van der Waals surface area contributed by atoms with Crippen molar-refractivity contribution in [3.05, 3.63) is 36.0 Å². The third-order valence-corrected chi connectivity index (χ3v) is 3.73. The molecule has 1 aliphatic rings. The van der Waals surface area contributed by atoms with Gasteiger partial charge in [0.2, 0.25) is 5.95 Å². The van der Waals surface area contributed by atoms with Gasteiger partial charge in [-0.25, -0.2) is 0 Å². The van der Waals surface area contributed by atoms with Crippen LogP contribution in [-0.2, 0) is 6.18 Å². The minimum Gasteiger partial charge on any atom is -0.350 e. The highest BCUT2D eigenvalue weighted by Crippen LogP contribution is 2.30. The Hall–Kier alpha value is -2.38. The van der Waals surface area contributed by atoms with Gasteiger partial charge < -0.3 is 10.6 Å². The summed E-state index contributed by atoms with van der Waals surface area (Å²) in [5.74, 6) is 0.856. The molecule has 2 N–H and O–H groups in total. The van der Waals surface area contributed by atoms with Gasteiger partial charge in [0.1, 0.15) is 0 Å². The monoisotopic (exact) mass is 323 g/mol. The number of hydrogen-bond acceptors (Lipinski definition) is 5. The molecule has 2 aromatic rings. The fraction of sp³-hybridized carbons (Fsp3) is 0.400. The summed E-state index contributed by atoms with van der Waals surface area (Å²) in [4.78, 5) is 4.28. The fourth-order valence-corrected chi connectivity index (χ4v) is 2.57. The molecule has 0 atom stereocenters. The predicted octanol–water partition coefficient (Wildman–Crippen LogP) is 3.99. The molecule has 8 heteroatoms. The molecule has 23 heavy (non-hydrogen) atoms. The van der Waals surface area contributed by atoms with Gasteiger partial charge in [0, 0.05) is 11.7 Å². The van der Waals surface area contributed by atoms with E-state index >= 15 is 0 Å². The Balaban J connectivity index is 1.67. The highest BCUT2D eigenvalue weighted by molar-refractivity contribution is 5.56. The van der Waals surface area contributed by atoms with E-state index in [0.29, 0.717) is 23.5 Å². The number of hydrogen-bond donors (Lipinski definition) is 2. The second-order valence-corrected chi connectivity index (χ2v) is 5.49. The number of nitrogens with zero attached hydrogens (tertiary/aromatic N) is 3. The van der Waals surface area contributed by atoms with Crippen molar-refractivity contribution >= 4 is 17.5 Å². The van der Waals surface area contributed by atoms with E-state index in [1.54, 1.807) is 0 Å². The van der Waals surface area contributed by atoms with Crippen LogP contribution in [0.4, 0.5) is 30.6 Å². The Morgan fingerprint density at radius 3 is 2.39 bits per heavy atom. The molecule has 1 fully saturated rings. The molecule has 1 heterocycles. The molecule has 0 spiro atoms. The SMILES string of the molecule is FC(F)(F)c1ccc(Nc2cnnc(NC3CCCC3)n2)cc1. The van der Waals surface area contributed by atoms with Crippen LogP contribution in [-0.4, -0.2) is 21.2 Å². The summed E-state index contributed by atoms with van der Waals surface area (Å²) >= 11 is 0. The van der Waals surface area contributed by atoms with E-state index in [0.717, 1.165) is 25.0 Å². The minimum absolute atomic E-state index is 0.359. The molecule has 0 bridgehead atoms. The van der Waals surface area contributed by atoms with Gasteiger partial charge in [0.15, 0.2) is 5.82 Å². The van der Waals surface area contributed by atoms with Crippen LogP contribution in [0.3, 0.4) is 0 Å². The zero-order chi connectivity index (χ0) is 16.3. The average molecular weight is 323 g/mol. The first-order valence-corrected chi connectivity index (χ1v) is 7.41. The second kappa shape index (κ2) is 6.39. The van der Waals surface area contributed by atoms with Gasteiger partial charge >= 0.3 is 6.18 Å². The van der Waals surface area contributed by atoms with Crippen LogP contribution in [0.1, 0.15) is 31.2 Å². The lowest BCUT2D eigenvalue weighted by atomic mass is 10.2. The molecule has 0 unspecified atom stereocenters. The molecule has 1 aliphatic carbocycles. The zero-order valence-electron chi connectivity index (χ0n) is 12.3. The lowest BCUT2D eigenvalue weighted by molar-refractivity contribution is -0.137. The highest BCUT2D eigenvalue weighted by atomic mass is 19.4. The Morgan fingerprint density at radius 1 is 1.04 bits per heavy atom. The second-order valence-electron chi connectivity index (χ2n) is 5.49. The Kier molecular flexibility index (Phi) is 4.31. The van der Waals surface area contributed by atoms with Crippen molar-refractivity contribution in [3.8, 4) is 0 Å². The lowest BCUT2D eigenvalue weighted by Crippen LogP contribution is -2.17. The van der Waals surface area contributed by atoms with Gasteiger partial charge in [-0.05, 0) is 37.1 Å². The summed E-state index contributed by atoms with van der Waals surface area (Å²) in [7, 11) is 0. The van der Waals surface area contributed by atoms with Crippen molar-refractivity contribution in [2.75, 3.05) is 10.6 Å². The van der Waals surface area contributed by atoms with Crippen LogP contribution >= 0.6 is 0 Å². The van der Waals surface area contributed by atoms with Crippen molar-refractivity contribution in [3.63, 3.8) is 0 Å². The number of nitrogens with one attached hydrogen (secondary N) is 2. The fourth-order valence-electron chi connectivity index (χ4n) is 2.57. The van der Waals surface area contributed by atoms with Crippen LogP contribution < -0.4 is 10.6 Å². The van der Waals surface area contributed by atoms with Crippen LogP contribution in [0.2, 0.25) is 0 Å². The molecule has 5 nitrogen and oxygen atoms in total. The van der Waals surface area contributed by atoms with E-state index in [2.05, 4.69) is 25.8 Å². The summed E-state index contributed by atoms with van der Waals surface area (Å²) in [5, 5.41) is 13.9. The first kappa shape index (κ1) is 15.5. The number of aromatic nitrogens is 3. The van der Waals surface area contributed by atoms with E-state index in [1.165, 1.54) is 31.2 Å². The minimum atomic E-state index is -4.34. The highest BCUT2D eigenvalue weighted by Gasteiger charge is 2.29. The number of anilines is 3. The van der Waals surface area contributed by atoms with Crippen LogP contribution in [0.15, 0.2) is 30.5 Å². The zero-order valence-corrected chi connectivity index (χ0v) is 12.3. The topological polar surface area (TPSA) is 62.7 Å². The van der Waals surface area contributed by atoms with Crippen molar-refractivity contribution in [1.29, 1.82) is 0 Å². The van der Waals surface area contributed by atoms with Crippen LogP contribution in [0, 0.1) is 0 Å². The molecule has 1 aromatic carbocycles. The summed E-state index contributed by atoms with van der Waals surface area (Å²) in [6.45, 7) is 0. The van der Waals surface area contributed by atoms with E-state index in [4.69, 9.17) is 0 Å². The van der Waals surface area contributed by atoms with E-state index in [-0.39, 0.29) is 0 Å². The summed E-state index contributed by atoms with van der Waals surface area (Å²) in [6.07, 6.45) is 1.63. The van der Waals surface area contributed by atoms with Crippen LogP contribution in [0.5, 0.6) is 0 Å². The van der Waals surface area contributed by atoms with Gasteiger partial charge in [-0.1, -0.05) is 12.8 Å². The lowest BCUT2D eigenvalue weighted by Gasteiger charge is -2.12. The molecule has 1 saturated carbocycles. The molecule has 0 aliphatic heterocycles. The Morgan fingerprint density at radius 2 is 1.74 bits per heavy atom. The van der Waals surface area contributed by atoms with E-state index < -0.39 is 11.7 Å². The van der Waals surface area contributed by atoms with Crippen molar-refractivity contribution < 1.29 is 13.2 Å². The number of rotatable bonds is 4. The average Bonchev–Trinajstić information content (AvgIpc) is 3.00. The third-order valence-electron chi connectivity index (χ3n) is 3.73. The molecule has 122 valence electrons. The quantitative estimate of drug-likeness (QED) is 0.891. The normalized spacial score (nSPS) is 15.6. The standard InChI is InChI=1S/C15H16F3N5/c16-15(17,18)10-5-7-12(8-6-10)20-13-9-19-23-14(22-13)21-11-3-1-2-4-11/h5-9,11H,1-4H2,(H2,20,21,22,23). The van der Waals surface area contributed by atoms with Gasteiger partial charge in [-0.2, -0.15) is 23.3 Å². The summed E-state index contributed by atoms with van der Waals surface area (Å²) < 4.78 is 37.6. The molecule has 0 amide bonds. The Labute approximate surface area is 131 Å². The molecule has 0 saturated heterocycles. The molecule has 1 aromatic heterocycles. The number of halogens is 3. The van der Waals surface area contributed by atoms with Gasteiger partial charge in [0.05, 0.1) is 11.8 Å². The van der Waals surface area contributed by atoms with Crippen molar-refractivity contribution in [1.82, 2.24) is 15.2 Å². The smallest absolute Gasteiger partial charge is 0.350 e. The van der Waals surface area contributed by atoms with Gasteiger partial charge in [-0.3, -0.25) is 0 Å². The first-order valence-electron chi connectivity index (χ1n) is 7.41. The van der Waals surface area contributed by atoms with Crippen molar-refractivity contribution in [2.45, 2.75) is 37.9 Å². The molecular formula is C15H16F3N5. The Bertz CT molecular complexity index is 651. The third kappa shape index (κ3) is 4.08. The van der Waals surface area contributed by atoms with Gasteiger partial charge in [0.25, 0.3) is 0 Å². The molecular weight excluding hydrogens is 307 g/mol. The maximum Gasteiger partial charge on any atom is 0.416 e. The van der Waals surface area contributed by atoms with E-state index in [1.807, 2.05) is 0 Å². The largest absolute Gasteiger partial charge is 0.416 e.